The first-order valence-corrected chi connectivity index (χ1v) is 6.02. The van der Waals surface area contributed by atoms with Gasteiger partial charge in [0.1, 0.15) is 0 Å². The normalized spacial score (nSPS) is 10.1. The molecule has 2 rings (SSSR count). The van der Waals surface area contributed by atoms with Gasteiger partial charge in [-0.1, -0.05) is 12.1 Å². The van der Waals surface area contributed by atoms with Crippen molar-refractivity contribution < 1.29 is 40.3 Å². The number of H-pyrrole nitrogens is 1. The molecule has 126 valence electrons. The lowest BCUT2D eigenvalue weighted by Crippen LogP contribution is -2.42. The van der Waals surface area contributed by atoms with Gasteiger partial charge in [0, 0.05) is 0 Å². The van der Waals surface area contributed by atoms with E-state index in [1.165, 1.54) is 0 Å². The molecule has 0 fully saturated rings. The summed E-state index contributed by atoms with van der Waals surface area (Å²) < 4.78 is 0. The number of carboxylic acid groups (broad SMARTS) is 3. The van der Waals surface area contributed by atoms with Gasteiger partial charge in [0.2, 0.25) is 0 Å². The first kappa shape index (κ1) is 20.0. The number of rotatable bonds is 5. The van der Waals surface area contributed by atoms with Crippen molar-refractivity contribution in [3.63, 3.8) is 0 Å². The Hall–Kier alpha value is -2.98. The van der Waals surface area contributed by atoms with E-state index in [2.05, 4.69) is 9.97 Å². The number of benzene rings is 1. The first-order valence-electron chi connectivity index (χ1n) is 6.02. The summed E-state index contributed by atoms with van der Waals surface area (Å²) in [7, 11) is 0. The van der Waals surface area contributed by atoms with Crippen LogP contribution in [0.5, 0.6) is 0 Å². The van der Waals surface area contributed by atoms with Crippen molar-refractivity contribution in [2.45, 2.75) is 18.4 Å². The molecule has 0 saturated heterocycles. The summed E-state index contributed by atoms with van der Waals surface area (Å²) in [5.74, 6) is -5.02. The highest BCUT2D eigenvalue weighted by atomic mass is 16.4. The molecule has 0 unspecified atom stereocenters. The molecule has 0 saturated carbocycles. The highest BCUT2D eigenvalue weighted by Crippen LogP contribution is 2.15. The SMILES string of the molecule is O.O=C(O)CC(O)(CC(=O)O)C(=O)O.c1ccc2[nH]cnc2c1. The van der Waals surface area contributed by atoms with Crippen LogP contribution in [0.2, 0.25) is 0 Å². The van der Waals surface area contributed by atoms with Crippen molar-refractivity contribution in [2.24, 2.45) is 0 Å². The van der Waals surface area contributed by atoms with Gasteiger partial charge in [-0.05, 0) is 12.1 Å². The molecule has 1 aromatic heterocycles. The van der Waals surface area contributed by atoms with Crippen LogP contribution in [0, 0.1) is 0 Å². The van der Waals surface area contributed by atoms with Crippen LogP contribution in [-0.2, 0) is 14.4 Å². The number of aliphatic hydroxyl groups is 1. The average molecular weight is 328 g/mol. The minimum Gasteiger partial charge on any atom is -0.481 e. The Morgan fingerprint density at radius 1 is 1.04 bits per heavy atom. The van der Waals surface area contributed by atoms with Crippen LogP contribution in [-0.4, -0.2) is 59.4 Å². The Kier molecular flexibility index (Phi) is 7.36. The minimum atomic E-state index is -2.74. The van der Waals surface area contributed by atoms with E-state index < -0.39 is 36.4 Å². The summed E-state index contributed by atoms with van der Waals surface area (Å²) in [6, 6.07) is 7.94. The van der Waals surface area contributed by atoms with Crippen molar-refractivity contribution >= 4 is 28.9 Å². The predicted molar refractivity (Wildman–Crippen MR) is 76.8 cm³/mol. The van der Waals surface area contributed by atoms with Crippen molar-refractivity contribution in [1.29, 1.82) is 0 Å². The van der Waals surface area contributed by atoms with Crippen LogP contribution >= 0.6 is 0 Å². The van der Waals surface area contributed by atoms with Gasteiger partial charge in [0.25, 0.3) is 0 Å². The summed E-state index contributed by atoms with van der Waals surface area (Å²) >= 11 is 0. The Balaban J connectivity index is 0.000000421. The van der Waals surface area contributed by atoms with Gasteiger partial charge in [0.15, 0.2) is 5.60 Å². The second-order valence-electron chi connectivity index (χ2n) is 4.40. The van der Waals surface area contributed by atoms with E-state index in [-0.39, 0.29) is 5.48 Å². The summed E-state index contributed by atoms with van der Waals surface area (Å²) in [5.41, 5.74) is -0.618. The molecule has 1 aromatic carbocycles. The molecule has 1 heterocycles. The molecule has 23 heavy (non-hydrogen) atoms. The molecule has 0 spiro atoms. The molecule has 2 aromatic rings. The molecule has 0 bridgehead atoms. The van der Waals surface area contributed by atoms with Crippen molar-refractivity contribution in [1.82, 2.24) is 9.97 Å². The third-order valence-corrected chi connectivity index (χ3v) is 2.61. The summed E-state index contributed by atoms with van der Waals surface area (Å²) in [5, 5.41) is 33.8. The third kappa shape index (κ3) is 6.11. The Bertz CT molecular complexity index is 635. The lowest BCUT2D eigenvalue weighted by molar-refractivity contribution is -0.170. The van der Waals surface area contributed by atoms with E-state index in [0.717, 1.165) is 11.0 Å². The smallest absolute Gasteiger partial charge is 0.336 e. The molecule has 0 aliphatic carbocycles. The van der Waals surface area contributed by atoms with Crippen molar-refractivity contribution in [2.75, 3.05) is 0 Å². The number of imidazole rings is 1. The standard InChI is InChI=1S/C7H6N2.C6H8O7.H2O/c1-2-4-7-6(3-1)8-5-9-7;7-3(8)1-6(13,5(11)12)2-4(9)10;/h1-5H,(H,8,9);13H,1-2H2,(H,7,8)(H,9,10)(H,11,12);1H2. The highest BCUT2D eigenvalue weighted by molar-refractivity contribution is 5.88. The maximum atomic E-state index is 10.3. The maximum absolute atomic E-state index is 10.3. The molecule has 10 heteroatoms. The maximum Gasteiger partial charge on any atom is 0.336 e. The summed E-state index contributed by atoms with van der Waals surface area (Å²) in [6.45, 7) is 0. The monoisotopic (exact) mass is 328 g/mol. The second-order valence-corrected chi connectivity index (χ2v) is 4.40. The quantitative estimate of drug-likeness (QED) is 0.484. The second kappa shape index (κ2) is 8.46. The Morgan fingerprint density at radius 3 is 2.00 bits per heavy atom. The van der Waals surface area contributed by atoms with Crippen molar-refractivity contribution in [3.8, 4) is 0 Å². The summed E-state index contributed by atoms with van der Waals surface area (Å²) in [6.07, 6.45) is -0.589. The fourth-order valence-corrected chi connectivity index (χ4v) is 1.59. The van der Waals surface area contributed by atoms with Gasteiger partial charge in [-0.15, -0.1) is 0 Å². The average Bonchev–Trinajstić information content (AvgIpc) is 2.85. The van der Waals surface area contributed by atoms with Crippen LogP contribution in [0.25, 0.3) is 11.0 Å². The topological polar surface area (TPSA) is 192 Å². The number of carbonyl (C=O) groups is 3. The molecule has 0 atom stereocenters. The van der Waals surface area contributed by atoms with E-state index >= 15 is 0 Å². The number of aliphatic carboxylic acids is 3. The van der Waals surface area contributed by atoms with E-state index in [4.69, 9.17) is 20.4 Å². The molecule has 7 N–H and O–H groups in total. The molecule has 0 aliphatic rings. The van der Waals surface area contributed by atoms with Crippen LogP contribution in [0.15, 0.2) is 30.6 Å². The van der Waals surface area contributed by atoms with Gasteiger partial charge in [-0.3, -0.25) is 9.59 Å². The van der Waals surface area contributed by atoms with Crippen LogP contribution in [0.3, 0.4) is 0 Å². The Morgan fingerprint density at radius 2 is 1.57 bits per heavy atom. The molecular weight excluding hydrogens is 312 g/mol. The lowest BCUT2D eigenvalue weighted by atomic mass is 9.96. The number of nitrogens with one attached hydrogen (secondary N) is 1. The zero-order chi connectivity index (χ0) is 16.8. The fourth-order valence-electron chi connectivity index (χ4n) is 1.59. The third-order valence-electron chi connectivity index (χ3n) is 2.61. The number of para-hydroxylation sites is 2. The van der Waals surface area contributed by atoms with Crippen LogP contribution in [0.1, 0.15) is 12.8 Å². The number of aromatic nitrogens is 2. The van der Waals surface area contributed by atoms with Crippen molar-refractivity contribution in [3.05, 3.63) is 30.6 Å². The number of fused-ring (bicyclic) bond motifs is 1. The number of hydrogen-bond donors (Lipinski definition) is 5. The van der Waals surface area contributed by atoms with E-state index in [1.54, 1.807) is 6.33 Å². The molecule has 0 radical (unpaired) electrons. The van der Waals surface area contributed by atoms with Gasteiger partial charge in [-0.2, -0.15) is 0 Å². The van der Waals surface area contributed by atoms with Crippen LogP contribution < -0.4 is 0 Å². The molecule has 0 aliphatic heterocycles. The zero-order valence-corrected chi connectivity index (χ0v) is 11.8. The van der Waals surface area contributed by atoms with Gasteiger partial charge >= 0.3 is 17.9 Å². The van der Waals surface area contributed by atoms with E-state index in [1.807, 2.05) is 24.3 Å². The highest BCUT2D eigenvalue weighted by Gasteiger charge is 2.40. The van der Waals surface area contributed by atoms with Gasteiger partial charge in [0.05, 0.1) is 30.2 Å². The number of carboxylic acids is 3. The summed E-state index contributed by atoms with van der Waals surface area (Å²) in [4.78, 5) is 37.6. The lowest BCUT2D eigenvalue weighted by Gasteiger charge is -2.18. The zero-order valence-electron chi connectivity index (χ0n) is 11.8. The first-order chi connectivity index (χ1) is 10.2. The minimum absolute atomic E-state index is 0. The van der Waals surface area contributed by atoms with E-state index in [9.17, 15) is 14.4 Å². The fraction of sp³-hybridized carbons (Fsp3) is 0.231. The number of hydrogen-bond acceptors (Lipinski definition) is 5. The molecular formula is C13H16N2O8. The predicted octanol–water partition coefficient (Wildman–Crippen LogP) is -0.510. The molecule has 0 amide bonds. The number of nitrogens with zero attached hydrogens (tertiary/aromatic N) is 1. The van der Waals surface area contributed by atoms with Crippen LogP contribution in [0.4, 0.5) is 0 Å². The largest absolute Gasteiger partial charge is 0.481 e. The van der Waals surface area contributed by atoms with E-state index in [0.29, 0.717) is 0 Å². The van der Waals surface area contributed by atoms with Gasteiger partial charge < -0.3 is 30.9 Å². The number of aromatic amines is 1. The van der Waals surface area contributed by atoms with Gasteiger partial charge in [-0.25, -0.2) is 9.78 Å². The molecule has 10 nitrogen and oxygen atoms in total. The Labute approximate surface area is 129 Å².